The van der Waals surface area contributed by atoms with Gasteiger partial charge in [0.1, 0.15) is 12.4 Å². The van der Waals surface area contributed by atoms with Crippen LogP contribution < -0.4 is 16.0 Å². The van der Waals surface area contributed by atoms with E-state index in [1.54, 1.807) is 31.3 Å². The van der Waals surface area contributed by atoms with Gasteiger partial charge in [0, 0.05) is 13.1 Å². The summed E-state index contributed by atoms with van der Waals surface area (Å²) in [4.78, 5) is 13.0. The first-order valence-corrected chi connectivity index (χ1v) is 6.31. The number of amides is 1. The second kappa shape index (κ2) is 7.84. The fraction of sp³-hybridized carbons (Fsp3) is 0.462. The van der Waals surface area contributed by atoms with Crippen molar-refractivity contribution in [2.75, 3.05) is 26.7 Å². The molecule has 0 aliphatic carbocycles. The van der Waals surface area contributed by atoms with Crippen molar-refractivity contribution in [3.63, 3.8) is 0 Å². The number of likely N-dealkylation sites (N-methyl/N-ethyl adjacent to an activating group) is 1. The zero-order chi connectivity index (χ0) is 15.9. The van der Waals surface area contributed by atoms with Crippen molar-refractivity contribution in [1.29, 1.82) is 0 Å². The second-order valence-corrected chi connectivity index (χ2v) is 4.49. The van der Waals surface area contributed by atoms with E-state index in [2.05, 4.69) is 0 Å². The lowest BCUT2D eigenvalue weighted by atomic mass is 10.2. The zero-order valence-corrected chi connectivity index (χ0v) is 11.6. The predicted octanol–water partition coefficient (Wildman–Crippen LogP) is 1.55. The maximum atomic E-state index is 12.1. The molecule has 1 rings (SSSR count). The van der Waals surface area contributed by atoms with Gasteiger partial charge in [0.2, 0.25) is 0 Å². The minimum atomic E-state index is -4.17. The highest BCUT2D eigenvalue weighted by molar-refractivity contribution is 5.96. The Labute approximate surface area is 120 Å². The molecule has 0 bridgehead atoms. The van der Waals surface area contributed by atoms with Gasteiger partial charge in [-0.05, 0) is 19.2 Å². The summed E-state index contributed by atoms with van der Waals surface area (Å²) >= 11 is 0. The number of carbonyl (C=O) groups excluding carboxylic acids is 1. The van der Waals surface area contributed by atoms with Gasteiger partial charge in [-0.25, -0.2) is 5.84 Å². The maximum Gasteiger partial charge on any atom is 0.390 e. The van der Waals surface area contributed by atoms with Gasteiger partial charge in [-0.1, -0.05) is 12.1 Å². The van der Waals surface area contributed by atoms with E-state index in [0.717, 1.165) is 0 Å². The van der Waals surface area contributed by atoms with E-state index in [1.807, 2.05) is 5.43 Å². The summed E-state index contributed by atoms with van der Waals surface area (Å²) in [7, 11) is 1.58. The van der Waals surface area contributed by atoms with E-state index in [0.29, 0.717) is 12.3 Å². The molecule has 0 spiro atoms. The molecule has 0 fully saturated rings. The van der Waals surface area contributed by atoms with E-state index < -0.39 is 18.5 Å². The Morgan fingerprint density at radius 3 is 2.62 bits per heavy atom. The molecule has 3 N–H and O–H groups in total. The Hall–Kier alpha value is -1.80. The number of rotatable bonds is 7. The van der Waals surface area contributed by atoms with Crippen LogP contribution in [0.5, 0.6) is 5.75 Å². The van der Waals surface area contributed by atoms with Gasteiger partial charge in [0.25, 0.3) is 5.91 Å². The van der Waals surface area contributed by atoms with E-state index in [9.17, 15) is 18.0 Å². The van der Waals surface area contributed by atoms with Crippen molar-refractivity contribution < 1.29 is 22.7 Å². The number of hydrogen-bond donors (Lipinski definition) is 2. The molecule has 0 aliphatic heterocycles. The van der Waals surface area contributed by atoms with Crippen molar-refractivity contribution in [3.8, 4) is 5.75 Å². The third kappa shape index (κ3) is 6.46. The highest BCUT2D eigenvalue weighted by Gasteiger charge is 2.26. The van der Waals surface area contributed by atoms with Gasteiger partial charge < -0.3 is 9.64 Å². The molecule has 1 amide bonds. The second-order valence-electron chi connectivity index (χ2n) is 4.49. The number of nitrogens with two attached hydrogens (primary N) is 1. The van der Waals surface area contributed by atoms with Crippen LogP contribution in [0, 0.1) is 0 Å². The molecule has 8 heteroatoms. The van der Waals surface area contributed by atoms with Gasteiger partial charge in [-0.2, -0.15) is 13.2 Å². The highest BCUT2D eigenvalue weighted by Crippen LogP contribution is 2.20. The third-order valence-corrected chi connectivity index (χ3v) is 2.77. The van der Waals surface area contributed by atoms with Crippen molar-refractivity contribution in [2.45, 2.75) is 12.6 Å². The lowest BCUT2D eigenvalue weighted by Gasteiger charge is -2.18. The average molecular weight is 305 g/mol. The number of hydrazine groups is 1. The zero-order valence-electron chi connectivity index (χ0n) is 11.6. The van der Waals surface area contributed by atoms with Crippen LogP contribution in [0.1, 0.15) is 16.8 Å². The van der Waals surface area contributed by atoms with Gasteiger partial charge in [-0.15, -0.1) is 0 Å². The monoisotopic (exact) mass is 305 g/mol. The van der Waals surface area contributed by atoms with Crippen molar-refractivity contribution in [2.24, 2.45) is 5.84 Å². The molecule has 0 aromatic heterocycles. The summed E-state index contributed by atoms with van der Waals surface area (Å²) in [5.41, 5.74) is 2.28. The normalized spacial score (nSPS) is 11.5. The van der Waals surface area contributed by atoms with Gasteiger partial charge in [-0.3, -0.25) is 10.2 Å². The first-order valence-electron chi connectivity index (χ1n) is 6.31. The standard InChI is InChI=1S/C13H18F3N3O2/c1-19(7-6-13(14,15)16)8-9-21-11-5-3-2-4-10(11)12(20)18-17/h2-5H,6-9,17H2,1H3,(H,18,20). The summed E-state index contributed by atoms with van der Waals surface area (Å²) in [5.74, 6) is 4.91. The molecule has 0 heterocycles. The van der Waals surface area contributed by atoms with E-state index >= 15 is 0 Å². The number of ether oxygens (including phenoxy) is 1. The molecule has 0 unspecified atom stereocenters. The summed E-state index contributed by atoms with van der Waals surface area (Å²) in [6.07, 6.45) is -5.03. The summed E-state index contributed by atoms with van der Waals surface area (Å²) < 4.78 is 41.6. The fourth-order valence-corrected chi connectivity index (χ4v) is 1.60. The molecule has 0 radical (unpaired) electrons. The molecule has 0 aliphatic rings. The Balaban J connectivity index is 2.44. The SMILES string of the molecule is CN(CCOc1ccccc1C(=O)NN)CCC(F)(F)F. The van der Waals surface area contributed by atoms with Gasteiger partial charge >= 0.3 is 6.18 Å². The Kier molecular flexibility index (Phi) is 6.44. The number of nitrogen functional groups attached to an aromatic ring is 1. The minimum absolute atomic E-state index is 0.0994. The number of para-hydroxylation sites is 1. The van der Waals surface area contributed by atoms with Crippen LogP contribution in [0.15, 0.2) is 24.3 Å². The van der Waals surface area contributed by atoms with Crippen molar-refractivity contribution in [3.05, 3.63) is 29.8 Å². The quantitative estimate of drug-likeness (QED) is 0.456. The van der Waals surface area contributed by atoms with Crippen LogP contribution in [-0.4, -0.2) is 43.7 Å². The van der Waals surface area contributed by atoms with Crippen LogP contribution in [0.4, 0.5) is 13.2 Å². The highest BCUT2D eigenvalue weighted by atomic mass is 19.4. The maximum absolute atomic E-state index is 12.1. The number of alkyl halides is 3. The summed E-state index contributed by atoms with van der Waals surface area (Å²) in [6, 6.07) is 6.49. The Morgan fingerprint density at radius 2 is 2.00 bits per heavy atom. The number of carbonyl (C=O) groups is 1. The Bertz CT molecular complexity index is 466. The summed E-state index contributed by atoms with van der Waals surface area (Å²) in [6.45, 7) is 0.385. The molecule has 118 valence electrons. The molecule has 0 saturated heterocycles. The number of nitrogens with one attached hydrogen (secondary N) is 1. The molecule has 0 saturated carbocycles. The van der Waals surface area contributed by atoms with Crippen molar-refractivity contribution >= 4 is 5.91 Å². The number of nitrogens with zero attached hydrogens (tertiary/aromatic N) is 1. The molecular weight excluding hydrogens is 287 g/mol. The van der Waals surface area contributed by atoms with Crippen LogP contribution in [0.3, 0.4) is 0 Å². The predicted molar refractivity (Wildman–Crippen MR) is 71.8 cm³/mol. The Morgan fingerprint density at radius 1 is 1.33 bits per heavy atom. The molecule has 1 aromatic rings. The van der Waals surface area contributed by atoms with E-state index in [4.69, 9.17) is 10.6 Å². The smallest absolute Gasteiger partial charge is 0.390 e. The average Bonchev–Trinajstić information content (AvgIpc) is 2.44. The molecule has 21 heavy (non-hydrogen) atoms. The number of hydrogen-bond acceptors (Lipinski definition) is 4. The molecular formula is C13H18F3N3O2. The largest absolute Gasteiger partial charge is 0.491 e. The first-order chi connectivity index (χ1) is 9.83. The molecule has 1 aromatic carbocycles. The fourth-order valence-electron chi connectivity index (χ4n) is 1.60. The van der Waals surface area contributed by atoms with Gasteiger partial charge in [0.15, 0.2) is 0 Å². The number of halogens is 3. The first kappa shape index (κ1) is 17.3. The van der Waals surface area contributed by atoms with Crippen LogP contribution in [0.2, 0.25) is 0 Å². The number of benzene rings is 1. The van der Waals surface area contributed by atoms with Crippen LogP contribution >= 0.6 is 0 Å². The lowest BCUT2D eigenvalue weighted by Crippen LogP contribution is -2.31. The summed E-state index contributed by atoms with van der Waals surface area (Å²) in [5, 5.41) is 0. The minimum Gasteiger partial charge on any atom is -0.491 e. The van der Waals surface area contributed by atoms with Crippen LogP contribution in [0.25, 0.3) is 0 Å². The third-order valence-electron chi connectivity index (χ3n) is 2.77. The topological polar surface area (TPSA) is 67.6 Å². The van der Waals surface area contributed by atoms with E-state index in [-0.39, 0.29) is 18.7 Å². The molecule has 0 atom stereocenters. The molecule has 5 nitrogen and oxygen atoms in total. The van der Waals surface area contributed by atoms with Gasteiger partial charge in [0.05, 0.1) is 12.0 Å². The van der Waals surface area contributed by atoms with Crippen molar-refractivity contribution in [1.82, 2.24) is 10.3 Å². The lowest BCUT2D eigenvalue weighted by molar-refractivity contribution is -0.137. The van der Waals surface area contributed by atoms with Crippen LogP contribution in [-0.2, 0) is 0 Å². The van der Waals surface area contributed by atoms with E-state index in [1.165, 1.54) is 4.90 Å².